The fraction of sp³-hybridized carbons (Fsp3) is 0.250. The van der Waals surface area contributed by atoms with E-state index in [1.165, 1.54) is 6.07 Å². The Morgan fingerprint density at radius 2 is 2.18 bits per heavy atom. The van der Waals surface area contributed by atoms with Crippen molar-refractivity contribution >= 4 is 15.9 Å². The van der Waals surface area contributed by atoms with Crippen molar-refractivity contribution in [3.05, 3.63) is 28.0 Å². The van der Waals surface area contributed by atoms with E-state index in [1.807, 2.05) is 6.92 Å². The number of rotatable bonds is 1. The Labute approximate surface area is 73.0 Å². The second-order valence-electron chi connectivity index (χ2n) is 2.25. The summed E-state index contributed by atoms with van der Waals surface area (Å²) < 4.78 is 13.6. The van der Waals surface area contributed by atoms with E-state index in [4.69, 9.17) is 5.11 Å². The van der Waals surface area contributed by atoms with Crippen molar-refractivity contribution in [2.45, 2.75) is 13.3 Å². The van der Waals surface area contributed by atoms with Crippen LogP contribution in [0.3, 0.4) is 0 Å². The van der Waals surface area contributed by atoms with E-state index in [0.717, 1.165) is 0 Å². The van der Waals surface area contributed by atoms with Gasteiger partial charge in [0.25, 0.3) is 0 Å². The molecular weight excluding hydrogens is 211 g/mol. The van der Waals surface area contributed by atoms with Gasteiger partial charge in [-0.15, -0.1) is 0 Å². The topological polar surface area (TPSA) is 20.2 Å². The first-order valence-corrected chi connectivity index (χ1v) is 4.11. The second kappa shape index (κ2) is 3.22. The number of phenolic OH excluding ortho intramolecular Hbond substituents is 1. The fourth-order valence-corrected chi connectivity index (χ4v) is 1.38. The molecular formula is C8H8BrFO. The molecule has 0 saturated heterocycles. The molecule has 1 aromatic carbocycles. The first-order chi connectivity index (χ1) is 5.15. The summed E-state index contributed by atoms with van der Waals surface area (Å²) in [7, 11) is 0. The largest absolute Gasteiger partial charge is 0.505 e. The highest BCUT2D eigenvalue weighted by molar-refractivity contribution is 9.10. The summed E-state index contributed by atoms with van der Waals surface area (Å²) in [6, 6.07) is 3.00. The molecule has 0 bridgehead atoms. The van der Waals surface area contributed by atoms with Crippen LogP contribution in [-0.4, -0.2) is 5.11 Å². The van der Waals surface area contributed by atoms with Crippen LogP contribution in [0.2, 0.25) is 0 Å². The summed E-state index contributed by atoms with van der Waals surface area (Å²) in [4.78, 5) is 0. The molecule has 0 fully saturated rings. The summed E-state index contributed by atoms with van der Waals surface area (Å²) in [5.74, 6) is -0.813. The zero-order valence-electron chi connectivity index (χ0n) is 6.06. The minimum absolute atomic E-state index is 0.295. The van der Waals surface area contributed by atoms with Crippen LogP contribution in [0.15, 0.2) is 16.6 Å². The Hall–Kier alpha value is -0.570. The van der Waals surface area contributed by atoms with Gasteiger partial charge < -0.3 is 5.11 Å². The van der Waals surface area contributed by atoms with Crippen molar-refractivity contribution in [2.24, 2.45) is 0 Å². The molecule has 1 nitrogen and oxygen atoms in total. The van der Waals surface area contributed by atoms with E-state index in [-0.39, 0.29) is 5.75 Å². The van der Waals surface area contributed by atoms with E-state index in [2.05, 4.69) is 15.9 Å². The Kier molecular flexibility index (Phi) is 2.49. The number of phenols is 1. The molecule has 0 amide bonds. The minimum Gasteiger partial charge on any atom is -0.505 e. The first kappa shape index (κ1) is 8.53. The normalized spacial score (nSPS) is 10.1. The molecule has 0 aliphatic rings. The Morgan fingerprint density at radius 3 is 2.73 bits per heavy atom. The van der Waals surface area contributed by atoms with Crippen LogP contribution in [0, 0.1) is 5.82 Å². The van der Waals surface area contributed by atoms with Crippen molar-refractivity contribution in [3.63, 3.8) is 0 Å². The fourth-order valence-electron chi connectivity index (χ4n) is 0.887. The molecule has 1 N–H and O–H groups in total. The zero-order chi connectivity index (χ0) is 8.43. The molecule has 0 saturated carbocycles. The molecule has 0 aromatic heterocycles. The molecule has 0 unspecified atom stereocenters. The lowest BCUT2D eigenvalue weighted by Gasteiger charge is -2.01. The van der Waals surface area contributed by atoms with Gasteiger partial charge in [-0.1, -0.05) is 22.9 Å². The summed E-state index contributed by atoms with van der Waals surface area (Å²) in [6.07, 6.45) is 0.582. The molecule has 3 heteroatoms. The highest BCUT2D eigenvalue weighted by Crippen LogP contribution is 2.25. The summed E-state index contributed by atoms with van der Waals surface area (Å²) >= 11 is 3.16. The van der Waals surface area contributed by atoms with Gasteiger partial charge in [0.05, 0.1) is 0 Å². The molecule has 0 radical (unpaired) electrons. The Bertz CT molecular complexity index is 273. The van der Waals surface area contributed by atoms with Crippen molar-refractivity contribution in [1.29, 1.82) is 0 Å². The van der Waals surface area contributed by atoms with Crippen LogP contribution in [0.1, 0.15) is 12.5 Å². The number of halogens is 2. The maximum Gasteiger partial charge on any atom is 0.168 e. The van der Waals surface area contributed by atoms with Gasteiger partial charge in [-0.05, 0) is 24.1 Å². The third-order valence-electron chi connectivity index (χ3n) is 1.47. The lowest BCUT2D eigenvalue weighted by Crippen LogP contribution is -1.87. The monoisotopic (exact) mass is 218 g/mol. The number of hydrogen-bond donors (Lipinski definition) is 1. The van der Waals surface area contributed by atoms with E-state index < -0.39 is 5.82 Å². The van der Waals surface area contributed by atoms with Crippen LogP contribution >= 0.6 is 15.9 Å². The van der Waals surface area contributed by atoms with Gasteiger partial charge in [0, 0.05) is 4.47 Å². The number of benzene rings is 1. The van der Waals surface area contributed by atoms with Crippen molar-refractivity contribution in [1.82, 2.24) is 0 Å². The van der Waals surface area contributed by atoms with Crippen molar-refractivity contribution < 1.29 is 9.50 Å². The molecule has 0 atom stereocenters. The van der Waals surface area contributed by atoms with Gasteiger partial charge in [0.1, 0.15) is 0 Å². The van der Waals surface area contributed by atoms with E-state index in [0.29, 0.717) is 16.5 Å². The molecule has 0 heterocycles. The molecule has 0 aliphatic carbocycles. The molecule has 1 aromatic rings. The number of aryl methyl sites for hydroxylation is 1. The van der Waals surface area contributed by atoms with Gasteiger partial charge in [-0.25, -0.2) is 4.39 Å². The van der Waals surface area contributed by atoms with Gasteiger partial charge in [0.2, 0.25) is 0 Å². The molecule has 0 aliphatic heterocycles. The quantitative estimate of drug-likeness (QED) is 0.769. The highest BCUT2D eigenvalue weighted by atomic mass is 79.9. The SMILES string of the molecule is CCc1cc(Br)cc(O)c1F. The average molecular weight is 219 g/mol. The predicted molar refractivity (Wildman–Crippen MR) is 45.1 cm³/mol. The second-order valence-corrected chi connectivity index (χ2v) is 3.17. The first-order valence-electron chi connectivity index (χ1n) is 3.32. The van der Waals surface area contributed by atoms with Crippen LogP contribution in [-0.2, 0) is 6.42 Å². The van der Waals surface area contributed by atoms with Gasteiger partial charge >= 0.3 is 0 Å². The number of aromatic hydroxyl groups is 1. The van der Waals surface area contributed by atoms with Crippen molar-refractivity contribution in [2.75, 3.05) is 0 Å². The van der Waals surface area contributed by atoms with Crippen molar-refractivity contribution in [3.8, 4) is 5.75 Å². The van der Waals surface area contributed by atoms with E-state index >= 15 is 0 Å². The minimum atomic E-state index is -0.518. The van der Waals surface area contributed by atoms with Gasteiger partial charge in [-0.2, -0.15) is 0 Å². The smallest absolute Gasteiger partial charge is 0.168 e. The standard InChI is InChI=1S/C8H8BrFO/c1-2-5-3-6(9)4-7(11)8(5)10/h3-4,11H,2H2,1H3. The summed E-state index contributed by atoms with van der Waals surface area (Å²) in [6.45, 7) is 1.84. The third-order valence-corrected chi connectivity index (χ3v) is 1.93. The maximum atomic E-state index is 12.9. The van der Waals surface area contributed by atoms with Gasteiger partial charge in [-0.3, -0.25) is 0 Å². The van der Waals surface area contributed by atoms with E-state index in [9.17, 15) is 4.39 Å². The predicted octanol–water partition coefficient (Wildman–Crippen LogP) is 2.86. The average Bonchev–Trinajstić information content (AvgIpc) is 1.96. The lowest BCUT2D eigenvalue weighted by molar-refractivity contribution is 0.428. The lowest BCUT2D eigenvalue weighted by atomic mass is 10.1. The van der Waals surface area contributed by atoms with E-state index in [1.54, 1.807) is 6.07 Å². The Balaban J connectivity index is 3.24. The van der Waals surface area contributed by atoms with Gasteiger partial charge in [0.15, 0.2) is 11.6 Å². The maximum absolute atomic E-state index is 12.9. The third kappa shape index (κ3) is 1.71. The van der Waals surface area contributed by atoms with Crippen LogP contribution in [0.5, 0.6) is 5.75 Å². The molecule has 1 rings (SSSR count). The summed E-state index contributed by atoms with van der Waals surface area (Å²) in [5, 5.41) is 9.01. The van der Waals surface area contributed by atoms with Crippen LogP contribution in [0.25, 0.3) is 0 Å². The molecule has 0 spiro atoms. The zero-order valence-corrected chi connectivity index (χ0v) is 7.65. The van der Waals surface area contributed by atoms with Crippen LogP contribution < -0.4 is 0 Å². The summed E-state index contributed by atoms with van der Waals surface area (Å²) in [5.41, 5.74) is 0.525. The Morgan fingerprint density at radius 1 is 1.55 bits per heavy atom. The highest BCUT2D eigenvalue weighted by Gasteiger charge is 2.06. The molecule has 60 valence electrons. The molecule has 11 heavy (non-hydrogen) atoms. The van der Waals surface area contributed by atoms with Crippen LogP contribution in [0.4, 0.5) is 4.39 Å². The number of hydrogen-bond acceptors (Lipinski definition) is 1.